The highest BCUT2D eigenvalue weighted by Gasteiger charge is 2.53. The Bertz CT molecular complexity index is 1280. The zero-order valence-corrected chi connectivity index (χ0v) is 20.3. The molecular weight excluding hydrogens is 498 g/mol. The van der Waals surface area contributed by atoms with Crippen molar-refractivity contribution in [2.75, 3.05) is 6.61 Å². The van der Waals surface area contributed by atoms with Gasteiger partial charge in [-0.25, -0.2) is 9.48 Å². The van der Waals surface area contributed by atoms with E-state index in [9.17, 15) is 28.8 Å². The molecule has 0 aliphatic carbocycles. The summed E-state index contributed by atoms with van der Waals surface area (Å²) in [4.78, 5) is 72.6. The number of carbonyl (C=O) groups excluding carboxylic acids is 4. The lowest BCUT2D eigenvalue weighted by Crippen LogP contribution is -2.60. The van der Waals surface area contributed by atoms with Crippen molar-refractivity contribution in [2.24, 2.45) is 0 Å². The van der Waals surface area contributed by atoms with Gasteiger partial charge < -0.3 is 23.7 Å². The summed E-state index contributed by atoms with van der Waals surface area (Å²) in [5, 5.41) is 7.96. The van der Waals surface area contributed by atoms with E-state index in [-0.39, 0.29) is 12.2 Å². The monoisotopic (exact) mass is 523 g/mol. The maximum Gasteiger partial charge on any atom is 0.328 e. The molecule has 1 N–H and O–H groups in total. The number of aromatic amines is 1. The number of ether oxygens (including phenoxy) is 5. The summed E-state index contributed by atoms with van der Waals surface area (Å²) in [7, 11) is 0. The van der Waals surface area contributed by atoms with Crippen LogP contribution in [0.4, 0.5) is 0 Å². The summed E-state index contributed by atoms with van der Waals surface area (Å²) in [5.41, 5.74) is -0.987. The van der Waals surface area contributed by atoms with Gasteiger partial charge in [0.05, 0.1) is 12.7 Å². The zero-order valence-electron chi connectivity index (χ0n) is 20.3. The first kappa shape index (κ1) is 27.3. The van der Waals surface area contributed by atoms with Crippen LogP contribution in [0.15, 0.2) is 28.0 Å². The van der Waals surface area contributed by atoms with Crippen LogP contribution < -0.4 is 11.2 Å². The normalized spacial score (nSPS) is 23.1. The van der Waals surface area contributed by atoms with Crippen LogP contribution in [-0.4, -0.2) is 79.4 Å². The van der Waals surface area contributed by atoms with Gasteiger partial charge in [-0.2, -0.15) is 0 Å². The molecule has 0 spiro atoms. The summed E-state index contributed by atoms with van der Waals surface area (Å²) in [6.45, 7) is 4.02. The predicted octanol–water partition coefficient (Wildman–Crippen LogP) is -1.57. The van der Waals surface area contributed by atoms with Crippen LogP contribution in [0.3, 0.4) is 0 Å². The molecule has 0 amide bonds. The fraction of sp³-hybridized carbons (Fsp3) is 0.524. The Morgan fingerprint density at radius 1 is 0.946 bits per heavy atom. The molecule has 0 unspecified atom stereocenters. The molecule has 0 bridgehead atoms. The average molecular weight is 523 g/mol. The minimum atomic E-state index is -1.38. The molecule has 16 heteroatoms. The molecule has 1 aliphatic heterocycles. The van der Waals surface area contributed by atoms with Gasteiger partial charge in [0.2, 0.25) is 0 Å². The second kappa shape index (κ2) is 11.6. The molecule has 200 valence electrons. The van der Waals surface area contributed by atoms with Crippen molar-refractivity contribution < 1.29 is 42.9 Å². The lowest BCUT2D eigenvalue weighted by Gasteiger charge is -2.44. The molecule has 2 aromatic heterocycles. The molecule has 5 atom stereocenters. The largest absolute Gasteiger partial charge is 0.463 e. The second-order valence-electron chi connectivity index (χ2n) is 8.02. The molecule has 3 rings (SSSR count). The van der Waals surface area contributed by atoms with Gasteiger partial charge in [-0.3, -0.25) is 33.5 Å². The Balaban J connectivity index is 2.00. The minimum Gasteiger partial charge on any atom is -0.463 e. The first-order valence-corrected chi connectivity index (χ1v) is 11.0. The fourth-order valence-corrected chi connectivity index (χ4v) is 3.67. The van der Waals surface area contributed by atoms with Crippen molar-refractivity contribution >= 4 is 23.9 Å². The molecule has 0 radical (unpaired) electrons. The van der Waals surface area contributed by atoms with E-state index < -0.39 is 72.4 Å². The van der Waals surface area contributed by atoms with Gasteiger partial charge in [-0.1, -0.05) is 5.21 Å². The van der Waals surface area contributed by atoms with Crippen LogP contribution in [0.25, 0.3) is 0 Å². The molecule has 1 aliphatic rings. The van der Waals surface area contributed by atoms with E-state index >= 15 is 0 Å². The van der Waals surface area contributed by atoms with E-state index in [1.165, 1.54) is 17.0 Å². The number of rotatable bonds is 8. The van der Waals surface area contributed by atoms with E-state index in [1.54, 1.807) is 0 Å². The maximum atomic E-state index is 12.0. The van der Waals surface area contributed by atoms with Crippen LogP contribution >= 0.6 is 0 Å². The molecule has 0 aromatic carbocycles. The van der Waals surface area contributed by atoms with Gasteiger partial charge >= 0.3 is 29.6 Å². The average Bonchev–Trinajstić information content (AvgIpc) is 3.24. The SMILES string of the molecule is CC(=O)OC[C@H]1O[C@@H](n2cc(Cn3ccc(=O)[nH]c3=O)nn2)[C@H](OC(C)=O)[C@@H](OC(C)=O)[C@@H]1OC(C)=O. The van der Waals surface area contributed by atoms with Crippen LogP contribution in [0, 0.1) is 0 Å². The summed E-state index contributed by atoms with van der Waals surface area (Å²) in [6, 6.07) is 1.16. The van der Waals surface area contributed by atoms with Crippen molar-refractivity contribution in [3.8, 4) is 0 Å². The van der Waals surface area contributed by atoms with E-state index in [4.69, 9.17) is 23.7 Å². The quantitative estimate of drug-likeness (QED) is 0.308. The van der Waals surface area contributed by atoms with Crippen molar-refractivity contribution in [1.82, 2.24) is 24.5 Å². The predicted molar refractivity (Wildman–Crippen MR) is 118 cm³/mol. The first-order valence-electron chi connectivity index (χ1n) is 11.0. The van der Waals surface area contributed by atoms with Gasteiger partial charge in [-0.05, 0) is 0 Å². The number of hydrogen-bond acceptors (Lipinski definition) is 13. The Morgan fingerprint density at radius 3 is 2.16 bits per heavy atom. The van der Waals surface area contributed by atoms with Gasteiger partial charge in [0.1, 0.15) is 18.4 Å². The molecule has 1 fully saturated rings. The highest BCUT2D eigenvalue weighted by Crippen LogP contribution is 2.34. The molecule has 3 heterocycles. The number of H-pyrrole nitrogens is 1. The molecule has 1 saturated heterocycles. The lowest BCUT2D eigenvalue weighted by atomic mass is 9.97. The highest BCUT2D eigenvalue weighted by molar-refractivity contribution is 5.68. The lowest BCUT2D eigenvalue weighted by molar-refractivity contribution is -0.270. The molecule has 2 aromatic rings. The van der Waals surface area contributed by atoms with Crippen molar-refractivity contribution in [1.29, 1.82) is 0 Å². The van der Waals surface area contributed by atoms with Gasteiger partial charge in [0.25, 0.3) is 5.56 Å². The van der Waals surface area contributed by atoms with Crippen molar-refractivity contribution in [2.45, 2.75) is 64.9 Å². The van der Waals surface area contributed by atoms with Gasteiger partial charge in [0, 0.05) is 40.0 Å². The van der Waals surface area contributed by atoms with Gasteiger partial charge in [-0.15, -0.1) is 5.10 Å². The van der Waals surface area contributed by atoms with Crippen LogP contribution in [-0.2, 0) is 49.4 Å². The number of nitrogens with one attached hydrogen (secondary N) is 1. The number of carbonyl (C=O) groups is 4. The second-order valence-corrected chi connectivity index (χ2v) is 8.02. The molecule has 37 heavy (non-hydrogen) atoms. The Morgan fingerprint density at radius 2 is 1.57 bits per heavy atom. The molecule has 16 nitrogen and oxygen atoms in total. The number of hydrogen-bond donors (Lipinski definition) is 1. The summed E-state index contributed by atoms with van der Waals surface area (Å²) in [5.74, 6) is -2.95. The van der Waals surface area contributed by atoms with E-state index in [0.29, 0.717) is 0 Å². The summed E-state index contributed by atoms with van der Waals surface area (Å²) in [6.07, 6.45) is -3.86. The zero-order chi connectivity index (χ0) is 27.3. The fourth-order valence-electron chi connectivity index (χ4n) is 3.67. The number of nitrogens with zero attached hydrogens (tertiary/aromatic N) is 4. The smallest absolute Gasteiger partial charge is 0.328 e. The van der Waals surface area contributed by atoms with Crippen LogP contribution in [0.5, 0.6) is 0 Å². The van der Waals surface area contributed by atoms with Gasteiger partial charge in [0.15, 0.2) is 24.5 Å². The molecular formula is C21H25N5O11. The van der Waals surface area contributed by atoms with Crippen molar-refractivity contribution in [3.63, 3.8) is 0 Å². The van der Waals surface area contributed by atoms with E-state index in [1.807, 2.05) is 0 Å². The number of esters is 4. The topological polar surface area (TPSA) is 200 Å². The summed E-state index contributed by atoms with van der Waals surface area (Å²) >= 11 is 0. The Kier molecular flexibility index (Phi) is 8.54. The Labute approximate surface area is 208 Å². The van der Waals surface area contributed by atoms with E-state index in [0.717, 1.165) is 38.4 Å². The van der Waals surface area contributed by atoms with Crippen LogP contribution in [0.1, 0.15) is 39.6 Å². The summed E-state index contributed by atoms with van der Waals surface area (Å²) < 4.78 is 29.4. The molecule has 0 saturated carbocycles. The highest BCUT2D eigenvalue weighted by atomic mass is 16.7. The third-order valence-corrected chi connectivity index (χ3v) is 5.01. The van der Waals surface area contributed by atoms with Crippen molar-refractivity contribution in [3.05, 3.63) is 45.0 Å². The standard InChI is InChI=1S/C21H25N5O11/c1-10(27)33-9-15-17(34-11(2)28)18(35-12(3)29)19(36-13(4)30)20(37-15)26-8-14(23-24-26)7-25-6-5-16(31)22-21(25)32/h5-6,8,15,17-20H,7,9H2,1-4H3,(H,22,31,32)/t15-,17-,18+,19-,20-/m1/s1. The van der Waals surface area contributed by atoms with Crippen LogP contribution in [0.2, 0.25) is 0 Å². The maximum absolute atomic E-state index is 12.0. The number of aromatic nitrogens is 5. The van der Waals surface area contributed by atoms with E-state index in [2.05, 4.69) is 15.3 Å². The third-order valence-electron chi connectivity index (χ3n) is 5.01. The minimum absolute atomic E-state index is 0.0825. The third kappa shape index (κ3) is 7.09. The Hall–Kier alpha value is -4.34. The first-order chi connectivity index (χ1) is 17.4.